The minimum Gasteiger partial charge on any atom is -0.478 e. The largest absolute Gasteiger partial charge is 0.478 e. The highest BCUT2D eigenvalue weighted by molar-refractivity contribution is 9.10. The molecular formula is C13H8BrN3O3. The van der Waals surface area contributed by atoms with E-state index in [1.165, 1.54) is 17.1 Å². The van der Waals surface area contributed by atoms with Crippen LogP contribution >= 0.6 is 15.9 Å². The molecule has 1 N–H and O–H groups in total. The second-order valence-electron chi connectivity index (χ2n) is 3.95. The predicted octanol–water partition coefficient (Wildman–Crippen LogP) is 2.99. The number of carboxylic acid groups (broad SMARTS) is 1. The number of aromatic carboxylic acids is 1. The molecular weight excluding hydrogens is 326 g/mol. The Morgan fingerprint density at radius 2 is 2.20 bits per heavy atom. The van der Waals surface area contributed by atoms with E-state index in [4.69, 9.17) is 4.42 Å². The van der Waals surface area contributed by atoms with Crippen molar-refractivity contribution in [2.45, 2.75) is 0 Å². The fourth-order valence-electron chi connectivity index (χ4n) is 1.75. The van der Waals surface area contributed by atoms with Gasteiger partial charge in [-0.1, -0.05) is 0 Å². The number of furan rings is 1. The number of rotatable bonds is 3. The summed E-state index contributed by atoms with van der Waals surface area (Å²) in [5, 5.41) is 13.5. The van der Waals surface area contributed by atoms with Gasteiger partial charge in [0, 0.05) is 16.9 Å². The zero-order chi connectivity index (χ0) is 14.1. The van der Waals surface area contributed by atoms with E-state index in [1.54, 1.807) is 30.5 Å². The Hall–Kier alpha value is -2.41. The molecule has 0 saturated carbocycles. The van der Waals surface area contributed by atoms with Crippen LogP contribution in [0.4, 0.5) is 0 Å². The molecule has 3 aromatic heterocycles. The molecule has 3 heterocycles. The van der Waals surface area contributed by atoms with Gasteiger partial charge in [-0.3, -0.25) is 0 Å². The molecule has 0 bridgehead atoms. The third-order valence-electron chi connectivity index (χ3n) is 2.65. The van der Waals surface area contributed by atoms with Crippen molar-refractivity contribution in [2.24, 2.45) is 0 Å². The lowest BCUT2D eigenvalue weighted by atomic mass is 10.2. The average Bonchev–Trinajstić information content (AvgIpc) is 3.08. The van der Waals surface area contributed by atoms with Crippen molar-refractivity contribution in [2.75, 3.05) is 0 Å². The van der Waals surface area contributed by atoms with Gasteiger partial charge in [-0.2, -0.15) is 5.10 Å². The van der Waals surface area contributed by atoms with Gasteiger partial charge >= 0.3 is 5.97 Å². The van der Waals surface area contributed by atoms with Gasteiger partial charge in [0.2, 0.25) is 0 Å². The van der Waals surface area contributed by atoms with E-state index < -0.39 is 5.97 Å². The quantitative estimate of drug-likeness (QED) is 0.796. The Morgan fingerprint density at radius 3 is 2.80 bits per heavy atom. The van der Waals surface area contributed by atoms with Crippen molar-refractivity contribution >= 4 is 21.9 Å². The van der Waals surface area contributed by atoms with Gasteiger partial charge in [0.15, 0.2) is 11.6 Å². The van der Waals surface area contributed by atoms with E-state index in [-0.39, 0.29) is 11.3 Å². The van der Waals surface area contributed by atoms with E-state index >= 15 is 0 Å². The molecule has 0 aliphatic heterocycles. The molecule has 100 valence electrons. The van der Waals surface area contributed by atoms with Crippen LogP contribution in [0.5, 0.6) is 0 Å². The molecule has 0 atom stereocenters. The summed E-state index contributed by atoms with van der Waals surface area (Å²) in [6.07, 6.45) is 4.50. The van der Waals surface area contributed by atoms with Gasteiger partial charge in [-0.05, 0) is 40.2 Å². The maximum Gasteiger partial charge on any atom is 0.339 e. The van der Waals surface area contributed by atoms with Crippen LogP contribution in [0.15, 0.2) is 51.8 Å². The molecule has 0 spiro atoms. The maximum atomic E-state index is 11.3. The number of hydrogen-bond acceptors (Lipinski definition) is 4. The van der Waals surface area contributed by atoms with Gasteiger partial charge in [-0.15, -0.1) is 0 Å². The molecule has 0 radical (unpaired) electrons. The summed E-state index contributed by atoms with van der Waals surface area (Å²) in [6.45, 7) is 0. The Labute approximate surface area is 121 Å². The summed E-state index contributed by atoms with van der Waals surface area (Å²) in [6, 6.07) is 6.87. The molecule has 0 aliphatic rings. The Kier molecular flexibility index (Phi) is 3.11. The van der Waals surface area contributed by atoms with Gasteiger partial charge in [0.25, 0.3) is 0 Å². The van der Waals surface area contributed by atoms with Crippen molar-refractivity contribution in [3.05, 3.63) is 53.0 Å². The minimum absolute atomic E-state index is 0.0599. The molecule has 0 amide bonds. The summed E-state index contributed by atoms with van der Waals surface area (Å²) in [4.78, 5) is 15.5. The maximum absolute atomic E-state index is 11.3. The summed E-state index contributed by atoms with van der Waals surface area (Å²) < 4.78 is 7.45. The SMILES string of the molecule is O=C(O)c1cn(-c2ccc(Br)cn2)nc1-c1ccco1. The van der Waals surface area contributed by atoms with Crippen molar-refractivity contribution in [3.63, 3.8) is 0 Å². The third kappa shape index (κ3) is 2.23. The predicted molar refractivity (Wildman–Crippen MR) is 73.7 cm³/mol. The molecule has 0 unspecified atom stereocenters. The van der Waals surface area contributed by atoms with Crippen LogP contribution in [0, 0.1) is 0 Å². The number of carboxylic acids is 1. The number of nitrogens with zero attached hydrogens (tertiary/aromatic N) is 3. The van der Waals surface area contributed by atoms with Crippen LogP contribution in [0.2, 0.25) is 0 Å². The van der Waals surface area contributed by atoms with E-state index in [0.29, 0.717) is 11.6 Å². The number of hydrogen-bond donors (Lipinski definition) is 1. The lowest BCUT2D eigenvalue weighted by molar-refractivity contribution is 0.0697. The van der Waals surface area contributed by atoms with E-state index in [0.717, 1.165) is 4.47 Å². The molecule has 6 nitrogen and oxygen atoms in total. The first-order valence-corrected chi connectivity index (χ1v) is 6.43. The summed E-state index contributed by atoms with van der Waals surface area (Å²) in [5.41, 5.74) is 0.330. The molecule has 3 rings (SSSR count). The number of pyridine rings is 1. The minimum atomic E-state index is -1.07. The molecule has 0 aliphatic carbocycles. The van der Waals surface area contributed by atoms with Crippen LogP contribution in [-0.4, -0.2) is 25.8 Å². The molecule has 0 saturated heterocycles. The first kappa shape index (κ1) is 12.6. The van der Waals surface area contributed by atoms with Gasteiger partial charge in [-0.25, -0.2) is 14.5 Å². The summed E-state index contributed by atoms with van der Waals surface area (Å²) in [5.74, 6) is -0.147. The summed E-state index contributed by atoms with van der Waals surface area (Å²) in [7, 11) is 0. The highest BCUT2D eigenvalue weighted by Crippen LogP contribution is 2.24. The molecule has 3 aromatic rings. The number of carbonyl (C=O) groups is 1. The fourth-order valence-corrected chi connectivity index (χ4v) is 1.98. The first-order valence-electron chi connectivity index (χ1n) is 5.64. The average molecular weight is 334 g/mol. The monoisotopic (exact) mass is 333 g/mol. The van der Waals surface area contributed by atoms with Crippen LogP contribution in [0.25, 0.3) is 17.3 Å². The van der Waals surface area contributed by atoms with E-state index in [9.17, 15) is 9.90 Å². The zero-order valence-corrected chi connectivity index (χ0v) is 11.6. The topological polar surface area (TPSA) is 81.1 Å². The number of halogens is 1. The molecule has 0 fully saturated rings. The fraction of sp³-hybridized carbons (Fsp3) is 0. The smallest absolute Gasteiger partial charge is 0.339 e. The molecule has 20 heavy (non-hydrogen) atoms. The van der Waals surface area contributed by atoms with Crippen LogP contribution < -0.4 is 0 Å². The lowest BCUT2D eigenvalue weighted by Crippen LogP contribution is -1.97. The van der Waals surface area contributed by atoms with Crippen molar-refractivity contribution in [1.82, 2.24) is 14.8 Å². The van der Waals surface area contributed by atoms with Crippen LogP contribution in [-0.2, 0) is 0 Å². The van der Waals surface area contributed by atoms with Crippen LogP contribution in [0.3, 0.4) is 0 Å². The Bertz CT molecular complexity index is 748. The van der Waals surface area contributed by atoms with E-state index in [1.807, 2.05) is 0 Å². The standard InChI is InChI=1S/C13H8BrN3O3/c14-8-3-4-11(15-6-8)17-7-9(13(18)19)12(16-17)10-2-1-5-20-10/h1-7H,(H,18,19). The van der Waals surface area contributed by atoms with Crippen molar-refractivity contribution < 1.29 is 14.3 Å². The Balaban J connectivity index is 2.12. The summed E-state index contributed by atoms with van der Waals surface area (Å²) >= 11 is 3.29. The van der Waals surface area contributed by atoms with Crippen molar-refractivity contribution in [3.8, 4) is 17.3 Å². The zero-order valence-electron chi connectivity index (χ0n) is 10.0. The van der Waals surface area contributed by atoms with Gasteiger partial charge in [0.05, 0.1) is 6.26 Å². The van der Waals surface area contributed by atoms with E-state index in [2.05, 4.69) is 26.0 Å². The first-order chi connectivity index (χ1) is 9.65. The molecule has 7 heteroatoms. The van der Waals surface area contributed by atoms with Gasteiger partial charge in [0.1, 0.15) is 11.3 Å². The van der Waals surface area contributed by atoms with Crippen LogP contribution in [0.1, 0.15) is 10.4 Å². The lowest BCUT2D eigenvalue weighted by Gasteiger charge is -1.99. The van der Waals surface area contributed by atoms with Gasteiger partial charge < -0.3 is 9.52 Å². The second-order valence-corrected chi connectivity index (χ2v) is 4.87. The molecule has 0 aromatic carbocycles. The highest BCUT2D eigenvalue weighted by Gasteiger charge is 2.19. The third-order valence-corrected chi connectivity index (χ3v) is 3.11. The normalized spacial score (nSPS) is 10.7. The van der Waals surface area contributed by atoms with Crippen molar-refractivity contribution in [1.29, 1.82) is 0 Å². The number of aromatic nitrogens is 3. The highest BCUT2D eigenvalue weighted by atomic mass is 79.9. The second kappa shape index (κ2) is 4.93. The Morgan fingerprint density at radius 1 is 1.35 bits per heavy atom.